The van der Waals surface area contributed by atoms with Gasteiger partial charge in [0.1, 0.15) is 48.3 Å². The van der Waals surface area contributed by atoms with Crippen LogP contribution >= 0.6 is 11.6 Å². The Morgan fingerprint density at radius 2 is 1.30 bits per heavy atom. The highest BCUT2D eigenvalue weighted by atomic mass is 35.5. The van der Waals surface area contributed by atoms with E-state index in [4.69, 9.17) is 40.0 Å². The summed E-state index contributed by atoms with van der Waals surface area (Å²) >= 11 is 6.59. The number of Topliss-reactive ketones (excluding diaryl/α,β-unsaturated/α-hetero) is 1. The molecule has 0 radical (unpaired) electrons. The molecule has 0 aromatic heterocycles. The summed E-state index contributed by atoms with van der Waals surface area (Å²) in [6, 6.07) is 0. The molecule has 5 aliphatic carbocycles. The van der Waals surface area contributed by atoms with Crippen LogP contribution in [-0.2, 0) is 57.2 Å². The molecule has 7 fully saturated rings. The van der Waals surface area contributed by atoms with E-state index in [-0.39, 0.29) is 0 Å². The number of carbonyl (C=O) groups is 6. The molecule has 5 saturated carbocycles. The Labute approximate surface area is 310 Å². The molecular formula is C36H47ClO16. The van der Waals surface area contributed by atoms with Gasteiger partial charge in [0.2, 0.25) is 5.79 Å². The first-order chi connectivity index (χ1) is 24.3. The van der Waals surface area contributed by atoms with E-state index in [1.165, 1.54) is 13.8 Å². The summed E-state index contributed by atoms with van der Waals surface area (Å²) in [6.07, 6.45) is -11.4. The second kappa shape index (κ2) is 11.3. The van der Waals surface area contributed by atoms with Gasteiger partial charge in [-0.1, -0.05) is 20.8 Å². The number of carbonyl (C=O) groups excluding carboxylic acids is 6. The van der Waals surface area contributed by atoms with Crippen LogP contribution in [0.1, 0.15) is 68.7 Å². The van der Waals surface area contributed by atoms with Crippen molar-refractivity contribution in [2.45, 2.75) is 134 Å². The van der Waals surface area contributed by atoms with Gasteiger partial charge >= 0.3 is 29.8 Å². The Kier molecular flexibility index (Phi) is 8.21. The van der Waals surface area contributed by atoms with Crippen molar-refractivity contribution in [2.24, 2.45) is 51.8 Å². The van der Waals surface area contributed by atoms with Crippen LogP contribution in [0.2, 0.25) is 0 Å². The third-order valence-electron chi connectivity index (χ3n) is 14.9. The molecule has 2 heterocycles. The molecule has 0 aromatic rings. The Morgan fingerprint density at radius 3 is 1.85 bits per heavy atom. The Morgan fingerprint density at radius 1 is 0.774 bits per heavy atom. The third-order valence-corrected chi connectivity index (χ3v) is 15.3. The van der Waals surface area contributed by atoms with Gasteiger partial charge in [0.05, 0.1) is 10.8 Å². The summed E-state index contributed by atoms with van der Waals surface area (Å²) in [6.45, 7) is 12.1. The zero-order valence-corrected chi connectivity index (χ0v) is 31.6. The first-order valence-electron chi connectivity index (χ1n) is 17.9. The molecule has 2 aliphatic heterocycles. The lowest BCUT2D eigenvalue weighted by Gasteiger charge is -2.68. The number of hydrogen-bond acceptors (Lipinski definition) is 16. The van der Waals surface area contributed by atoms with Gasteiger partial charge in [-0.25, -0.2) is 4.79 Å². The first-order valence-corrected chi connectivity index (χ1v) is 18.3. The van der Waals surface area contributed by atoms with E-state index in [1.54, 1.807) is 20.8 Å². The molecule has 0 bridgehead atoms. The molecule has 1 unspecified atom stereocenters. The maximum Gasteiger partial charge on any atom is 0.341 e. The van der Waals surface area contributed by atoms with E-state index >= 15 is 0 Å². The van der Waals surface area contributed by atoms with Gasteiger partial charge in [-0.05, 0) is 25.7 Å². The molecule has 53 heavy (non-hydrogen) atoms. The van der Waals surface area contributed by atoms with Crippen molar-refractivity contribution in [3.05, 3.63) is 0 Å². The Bertz CT molecular complexity index is 1700. The fraction of sp³-hybridized carbons (Fsp3) is 0.833. The lowest BCUT2D eigenvalue weighted by atomic mass is 9.39. The quantitative estimate of drug-likeness (QED) is 0.127. The second-order valence-electron chi connectivity index (χ2n) is 17.1. The zero-order chi connectivity index (χ0) is 39.5. The van der Waals surface area contributed by atoms with Gasteiger partial charge in [-0.15, -0.1) is 11.6 Å². The maximum absolute atomic E-state index is 14.6. The average molecular weight is 771 g/mol. The minimum absolute atomic E-state index is 0.593. The SMILES string of the molecule is CC(=O)O[C@@H]1[C@H]2[C@H]3[C@H]([C@H](OC(C)=O)[C@H](OC(C)=O)[C@]2(C)[C@H]2C(C)[C@H]4O[C@]45OC(=O)[C@@](C)(O)[C@]5(C)[C@H]12)[C@@]1(C)[C@@H](O)[C@@H](OC(C)=O)[C@H](Cl)C[C@]1(O)C(=O)[C@@H]3O. The number of halogens is 1. The number of alkyl halides is 1. The minimum Gasteiger partial charge on any atom is -0.462 e. The van der Waals surface area contributed by atoms with Crippen molar-refractivity contribution >= 4 is 47.2 Å². The molecule has 17 heteroatoms. The number of rotatable bonds is 4. The highest BCUT2D eigenvalue weighted by Crippen LogP contribution is 2.81. The largest absolute Gasteiger partial charge is 0.462 e. The van der Waals surface area contributed by atoms with Crippen molar-refractivity contribution in [1.29, 1.82) is 0 Å². The number of fused-ring (bicyclic) bond motifs is 8. The summed E-state index contributed by atoms with van der Waals surface area (Å²) in [5.74, 6) is -13.7. The molecule has 2 saturated heterocycles. The molecule has 294 valence electrons. The monoisotopic (exact) mass is 770 g/mol. The molecule has 0 aromatic carbocycles. The van der Waals surface area contributed by atoms with E-state index in [2.05, 4.69) is 0 Å². The van der Waals surface area contributed by atoms with Gasteiger partial charge in [-0.2, -0.15) is 0 Å². The van der Waals surface area contributed by atoms with Crippen LogP contribution in [0.4, 0.5) is 0 Å². The highest BCUT2D eigenvalue weighted by molar-refractivity contribution is 6.21. The molecule has 0 amide bonds. The number of ether oxygens (including phenoxy) is 6. The van der Waals surface area contributed by atoms with E-state index in [1.807, 2.05) is 0 Å². The second-order valence-corrected chi connectivity index (χ2v) is 17.7. The first kappa shape index (κ1) is 38.4. The van der Waals surface area contributed by atoms with Gasteiger partial charge in [0.15, 0.2) is 11.4 Å². The fourth-order valence-electron chi connectivity index (χ4n) is 12.9. The number of hydrogen-bond donors (Lipinski definition) is 4. The Hall–Kier alpha value is -2.89. The molecule has 7 aliphatic rings. The standard InChI is InChI=1S/C36H47ClO16/c1-11-18-21(33(8)34(9,46)30(45)53-36(33)28(11)52-36)24(49-13(3)39)19-17-20(25(50-14(4)40)29(31(18,19)6)51-15(5)41)32(7)27(44)23(48-12(2)38)16(37)10-35(32,47)26(43)22(17)42/h11,16-25,27-29,42,44,46-47H,10H2,1-9H3/t11?,16-,17+,18+,19-,20-,21+,22-,23+,24-,25+,27+,28-,29+,31-,32+,33+,34-,35+,36+/m1/s1. The van der Waals surface area contributed by atoms with E-state index in [0.29, 0.717) is 0 Å². The summed E-state index contributed by atoms with van der Waals surface area (Å²) < 4.78 is 35.8. The third kappa shape index (κ3) is 4.31. The topological polar surface area (TPSA) is 242 Å². The normalized spacial score (nSPS) is 55.8. The van der Waals surface area contributed by atoms with Crippen molar-refractivity contribution in [3.8, 4) is 0 Å². The number of aliphatic hydroxyl groups excluding tert-OH is 2. The van der Waals surface area contributed by atoms with E-state index < -0.39 is 159 Å². The molecule has 16 nitrogen and oxygen atoms in total. The number of aliphatic hydroxyl groups is 4. The summed E-state index contributed by atoms with van der Waals surface area (Å²) in [5.41, 5.74) is -10.2. The van der Waals surface area contributed by atoms with Gasteiger partial charge in [0, 0.05) is 68.6 Å². The number of epoxide rings is 1. The minimum atomic E-state index is -2.63. The predicted octanol–water partition coefficient (Wildman–Crippen LogP) is -0.0604. The van der Waals surface area contributed by atoms with Crippen LogP contribution in [0, 0.1) is 51.8 Å². The van der Waals surface area contributed by atoms with Crippen molar-refractivity contribution in [2.75, 3.05) is 0 Å². The van der Waals surface area contributed by atoms with Crippen molar-refractivity contribution in [3.63, 3.8) is 0 Å². The van der Waals surface area contributed by atoms with Crippen LogP contribution in [0.5, 0.6) is 0 Å². The average Bonchev–Trinajstić information content (AvgIpc) is 3.68. The highest BCUT2D eigenvalue weighted by Gasteiger charge is 2.93. The molecule has 20 atom stereocenters. The zero-order valence-electron chi connectivity index (χ0n) is 30.9. The molecular weight excluding hydrogens is 724 g/mol. The lowest BCUT2D eigenvalue weighted by molar-refractivity contribution is -0.307. The van der Waals surface area contributed by atoms with Gasteiger partial charge < -0.3 is 48.8 Å². The predicted molar refractivity (Wildman–Crippen MR) is 174 cm³/mol. The van der Waals surface area contributed by atoms with E-state index in [9.17, 15) is 49.2 Å². The van der Waals surface area contributed by atoms with Crippen LogP contribution < -0.4 is 0 Å². The number of ketones is 1. The number of esters is 5. The van der Waals surface area contributed by atoms with Gasteiger partial charge in [0.25, 0.3) is 0 Å². The van der Waals surface area contributed by atoms with Crippen molar-refractivity contribution in [1.82, 2.24) is 0 Å². The molecule has 4 N–H and O–H groups in total. The lowest BCUT2D eigenvalue weighted by Crippen LogP contribution is -2.81. The van der Waals surface area contributed by atoms with Crippen LogP contribution in [0.15, 0.2) is 0 Å². The van der Waals surface area contributed by atoms with Crippen LogP contribution in [0.25, 0.3) is 0 Å². The van der Waals surface area contributed by atoms with Crippen LogP contribution in [-0.4, -0.2) is 121 Å². The molecule has 1 spiro atoms. The van der Waals surface area contributed by atoms with E-state index in [0.717, 1.165) is 27.7 Å². The summed E-state index contributed by atoms with van der Waals surface area (Å²) in [5, 5.41) is 47.7. The van der Waals surface area contributed by atoms with Gasteiger partial charge in [-0.3, -0.25) is 24.0 Å². The smallest absolute Gasteiger partial charge is 0.341 e. The Balaban J connectivity index is 1.55. The fourth-order valence-corrected chi connectivity index (χ4v) is 13.3. The molecule has 7 rings (SSSR count). The van der Waals surface area contributed by atoms with Crippen LogP contribution in [0.3, 0.4) is 0 Å². The summed E-state index contributed by atoms with van der Waals surface area (Å²) in [4.78, 5) is 79.7. The van der Waals surface area contributed by atoms with Crippen molar-refractivity contribution < 1.29 is 77.6 Å². The maximum atomic E-state index is 14.6. The summed E-state index contributed by atoms with van der Waals surface area (Å²) in [7, 11) is 0.